The number of hydrogen-bond acceptors (Lipinski definition) is 3. The van der Waals surface area contributed by atoms with Crippen LogP contribution in [0.3, 0.4) is 0 Å². The van der Waals surface area contributed by atoms with Crippen molar-refractivity contribution in [2.45, 2.75) is 11.7 Å². The Morgan fingerprint density at radius 3 is 2.47 bits per heavy atom. The second-order valence-corrected chi connectivity index (χ2v) is 7.79. The molecule has 1 saturated heterocycles. The van der Waals surface area contributed by atoms with Gasteiger partial charge in [0.25, 0.3) is 0 Å². The molecule has 104 valence electrons. The fraction of sp³-hybridized carbons (Fsp3) is 0.300. The lowest BCUT2D eigenvalue weighted by Gasteiger charge is -2.17. The first-order valence-electron chi connectivity index (χ1n) is 5.08. The average Bonchev–Trinajstić information content (AvgIpc) is 2.65. The predicted molar refractivity (Wildman–Crippen MR) is 69.6 cm³/mol. The van der Waals surface area contributed by atoms with Crippen molar-refractivity contribution in [2.24, 2.45) is 0 Å². The number of nitrogens with zero attached hydrogens (tertiary/aromatic N) is 1. The molecule has 0 N–H and O–H groups in total. The summed E-state index contributed by atoms with van der Waals surface area (Å²) in [5, 5.41) is -1.09. The summed E-state index contributed by atoms with van der Waals surface area (Å²) < 4.78 is 49.1. The maximum Gasteiger partial charge on any atom is 0.237 e. The Morgan fingerprint density at radius 1 is 1.32 bits per heavy atom. The Hall–Kier alpha value is -0.730. The molecule has 0 spiro atoms. The van der Waals surface area contributed by atoms with Gasteiger partial charge in [0.15, 0.2) is 0 Å². The van der Waals surface area contributed by atoms with Crippen LogP contribution in [-0.2, 0) is 13.8 Å². The van der Waals surface area contributed by atoms with Crippen molar-refractivity contribution in [1.29, 1.82) is 0 Å². The molecule has 4 nitrogen and oxygen atoms in total. The summed E-state index contributed by atoms with van der Waals surface area (Å²) in [7, 11) is 1.28. The van der Waals surface area contributed by atoms with E-state index in [0.717, 1.165) is 11.0 Å². The summed E-state index contributed by atoms with van der Waals surface area (Å²) in [4.78, 5) is 12.7. The smallest absolute Gasteiger partial charge is 0.237 e. The van der Waals surface area contributed by atoms with Gasteiger partial charge in [-0.15, -0.1) is 0 Å². The van der Waals surface area contributed by atoms with Crippen LogP contribution in [0.5, 0.6) is 0 Å². The number of rotatable bonds is 2. The fourth-order valence-corrected chi connectivity index (χ4v) is 3.17. The van der Waals surface area contributed by atoms with Gasteiger partial charge in [0.2, 0.25) is 15.0 Å². The fourth-order valence-electron chi connectivity index (χ4n) is 1.82. The zero-order valence-electron chi connectivity index (χ0n) is 9.24. The van der Waals surface area contributed by atoms with Gasteiger partial charge in [-0.2, -0.15) is 0 Å². The Balaban J connectivity index is 2.39. The van der Waals surface area contributed by atoms with Crippen molar-refractivity contribution in [3.05, 3.63) is 28.2 Å². The van der Waals surface area contributed by atoms with Gasteiger partial charge in [-0.1, -0.05) is 0 Å². The standard InChI is InChI=1S/C10H7BrClF2NO3S/c11-6-2-9(8(14)3-7(6)13)15-4-5(1-10(15)16)19(12,17)18/h2-3,5H,1,4H2. The second-order valence-electron chi connectivity index (χ2n) is 4.02. The van der Waals surface area contributed by atoms with Crippen LogP contribution in [0.15, 0.2) is 16.6 Å². The molecule has 1 aromatic carbocycles. The number of carbonyl (C=O) groups excluding carboxylic acids is 1. The van der Waals surface area contributed by atoms with Gasteiger partial charge >= 0.3 is 0 Å². The van der Waals surface area contributed by atoms with E-state index in [0.29, 0.717) is 6.07 Å². The minimum atomic E-state index is -3.91. The Kier molecular flexibility index (Phi) is 3.85. The van der Waals surface area contributed by atoms with Crippen molar-refractivity contribution >= 4 is 47.3 Å². The van der Waals surface area contributed by atoms with Gasteiger partial charge in [0.1, 0.15) is 16.9 Å². The number of anilines is 1. The van der Waals surface area contributed by atoms with Crippen LogP contribution < -0.4 is 4.90 Å². The van der Waals surface area contributed by atoms with E-state index in [1.807, 2.05) is 0 Å². The third-order valence-electron chi connectivity index (χ3n) is 2.77. The van der Waals surface area contributed by atoms with E-state index in [-0.39, 0.29) is 23.1 Å². The van der Waals surface area contributed by atoms with Crippen molar-refractivity contribution in [3.8, 4) is 0 Å². The van der Waals surface area contributed by atoms with Gasteiger partial charge < -0.3 is 4.90 Å². The molecular formula is C10H7BrClF2NO3S. The van der Waals surface area contributed by atoms with Gasteiger partial charge in [0, 0.05) is 29.7 Å². The van der Waals surface area contributed by atoms with Crippen LogP contribution in [0.1, 0.15) is 6.42 Å². The number of halogens is 4. The van der Waals surface area contributed by atoms with E-state index in [1.165, 1.54) is 0 Å². The third-order valence-corrected chi connectivity index (χ3v) is 5.24. The molecule has 1 aliphatic rings. The van der Waals surface area contributed by atoms with Crippen LogP contribution in [0.25, 0.3) is 0 Å². The average molecular weight is 375 g/mol. The highest BCUT2D eigenvalue weighted by Gasteiger charge is 2.39. The molecule has 1 fully saturated rings. The van der Waals surface area contributed by atoms with Crippen molar-refractivity contribution in [2.75, 3.05) is 11.4 Å². The lowest BCUT2D eigenvalue weighted by atomic mass is 10.2. The first-order valence-corrected chi connectivity index (χ1v) is 8.25. The summed E-state index contributed by atoms with van der Waals surface area (Å²) in [6, 6.07) is 1.71. The largest absolute Gasteiger partial charge is 0.308 e. The molecule has 0 bridgehead atoms. The summed E-state index contributed by atoms with van der Waals surface area (Å²) in [6.07, 6.45) is -0.319. The number of benzene rings is 1. The quantitative estimate of drug-likeness (QED) is 0.590. The Labute approximate surface area is 120 Å². The third kappa shape index (κ3) is 2.90. The summed E-state index contributed by atoms with van der Waals surface area (Å²) in [5.74, 6) is -2.33. The molecule has 1 aliphatic heterocycles. The zero-order chi connectivity index (χ0) is 14.4. The van der Waals surface area contributed by atoms with Crippen molar-refractivity contribution in [3.63, 3.8) is 0 Å². The summed E-state index contributed by atoms with van der Waals surface area (Å²) >= 11 is 2.88. The summed E-state index contributed by atoms with van der Waals surface area (Å²) in [6.45, 7) is -0.250. The topological polar surface area (TPSA) is 54.5 Å². The van der Waals surface area contributed by atoms with E-state index in [4.69, 9.17) is 10.7 Å². The van der Waals surface area contributed by atoms with Crippen molar-refractivity contribution < 1.29 is 22.0 Å². The van der Waals surface area contributed by atoms with E-state index in [1.54, 1.807) is 0 Å². The van der Waals surface area contributed by atoms with Gasteiger partial charge in [-0.25, -0.2) is 17.2 Å². The maximum absolute atomic E-state index is 13.6. The zero-order valence-corrected chi connectivity index (χ0v) is 12.4. The first-order chi connectivity index (χ1) is 8.70. The lowest BCUT2D eigenvalue weighted by molar-refractivity contribution is -0.117. The number of amides is 1. The molecule has 1 unspecified atom stereocenters. The molecule has 2 rings (SSSR count). The predicted octanol–water partition coefficient (Wildman–Crippen LogP) is 2.40. The van der Waals surface area contributed by atoms with Gasteiger partial charge in [-0.3, -0.25) is 4.79 Å². The molecule has 0 saturated carbocycles. The van der Waals surface area contributed by atoms with E-state index in [2.05, 4.69) is 15.9 Å². The van der Waals surface area contributed by atoms with Crippen LogP contribution in [0.4, 0.5) is 14.5 Å². The molecule has 0 radical (unpaired) electrons. The van der Waals surface area contributed by atoms with E-state index in [9.17, 15) is 22.0 Å². The van der Waals surface area contributed by atoms with Crippen molar-refractivity contribution in [1.82, 2.24) is 0 Å². The van der Waals surface area contributed by atoms with Crippen LogP contribution >= 0.6 is 26.6 Å². The van der Waals surface area contributed by atoms with Gasteiger partial charge in [0.05, 0.1) is 10.2 Å². The summed E-state index contributed by atoms with van der Waals surface area (Å²) in [5.41, 5.74) is -0.180. The molecule has 0 aliphatic carbocycles. The second kappa shape index (κ2) is 4.99. The maximum atomic E-state index is 13.6. The molecule has 1 heterocycles. The number of hydrogen-bond donors (Lipinski definition) is 0. The normalized spacial score (nSPS) is 20.1. The highest BCUT2D eigenvalue weighted by molar-refractivity contribution is 9.10. The Bertz CT molecular complexity index is 652. The lowest BCUT2D eigenvalue weighted by Crippen LogP contribution is -2.27. The minimum Gasteiger partial charge on any atom is -0.308 e. The highest BCUT2D eigenvalue weighted by Crippen LogP contribution is 2.31. The van der Waals surface area contributed by atoms with Crippen LogP contribution in [0.2, 0.25) is 0 Å². The molecule has 0 aromatic heterocycles. The molecule has 9 heteroatoms. The molecule has 1 amide bonds. The van der Waals surface area contributed by atoms with Crippen LogP contribution in [-0.4, -0.2) is 26.1 Å². The van der Waals surface area contributed by atoms with E-state index >= 15 is 0 Å². The van der Waals surface area contributed by atoms with Gasteiger partial charge in [-0.05, 0) is 22.0 Å². The molecule has 1 aromatic rings. The first kappa shape index (κ1) is 14.7. The molecular weight excluding hydrogens is 368 g/mol. The minimum absolute atomic E-state index is 0.0196. The number of carbonyl (C=O) groups is 1. The highest BCUT2D eigenvalue weighted by atomic mass is 79.9. The Morgan fingerprint density at radius 2 is 1.95 bits per heavy atom. The van der Waals surface area contributed by atoms with E-state index < -0.39 is 31.8 Å². The molecule has 19 heavy (non-hydrogen) atoms. The monoisotopic (exact) mass is 373 g/mol. The molecule has 1 atom stereocenters. The van der Waals surface area contributed by atoms with Crippen LogP contribution in [0, 0.1) is 11.6 Å². The SMILES string of the molecule is O=C1CC(S(=O)(=O)Cl)CN1c1cc(Br)c(F)cc1F.